The number of H-pyrrole nitrogens is 1. The third-order valence-corrected chi connectivity index (χ3v) is 4.42. The van der Waals surface area contributed by atoms with Crippen LogP contribution in [0.15, 0.2) is 40.3 Å². The topological polar surface area (TPSA) is 70.9 Å². The number of rotatable bonds is 6. The summed E-state index contributed by atoms with van der Waals surface area (Å²) in [4.78, 5) is 20.5. The number of carbonyl (C=O) groups excluding carboxylic acids is 1. The van der Waals surface area contributed by atoms with Crippen LogP contribution >= 0.6 is 11.3 Å². The second kappa shape index (κ2) is 6.83. The maximum Gasteiger partial charge on any atom is 0.221 e. The van der Waals surface area contributed by atoms with Crippen molar-refractivity contribution in [3.8, 4) is 10.6 Å². The highest BCUT2D eigenvalue weighted by atomic mass is 32.1. The molecule has 0 aliphatic heterocycles. The van der Waals surface area contributed by atoms with Gasteiger partial charge in [0.05, 0.1) is 10.9 Å². The van der Waals surface area contributed by atoms with Gasteiger partial charge in [-0.25, -0.2) is 4.98 Å². The summed E-state index contributed by atoms with van der Waals surface area (Å²) in [5, 5.41) is 4.96. The molecule has 3 aromatic heterocycles. The van der Waals surface area contributed by atoms with E-state index in [1.165, 1.54) is 0 Å². The normalized spacial score (nSPS) is 12.3. The molecule has 3 aromatic rings. The number of nitrogens with one attached hydrogen (secondary N) is 2. The molecule has 120 valence electrons. The average Bonchev–Trinajstić information content (AvgIpc) is 3.26. The van der Waals surface area contributed by atoms with Crippen LogP contribution in [-0.4, -0.2) is 15.9 Å². The van der Waals surface area contributed by atoms with Crippen LogP contribution in [-0.2, 0) is 11.2 Å². The van der Waals surface area contributed by atoms with E-state index < -0.39 is 0 Å². The Morgan fingerprint density at radius 2 is 2.30 bits per heavy atom. The van der Waals surface area contributed by atoms with Crippen LogP contribution in [0.2, 0.25) is 0 Å². The van der Waals surface area contributed by atoms with Crippen LogP contribution in [0.4, 0.5) is 0 Å². The van der Waals surface area contributed by atoms with E-state index in [1.807, 2.05) is 43.5 Å². The second-order valence-electron chi connectivity index (χ2n) is 5.48. The van der Waals surface area contributed by atoms with Crippen molar-refractivity contribution in [1.82, 2.24) is 15.3 Å². The van der Waals surface area contributed by atoms with Crippen molar-refractivity contribution in [2.75, 3.05) is 0 Å². The van der Waals surface area contributed by atoms with Crippen molar-refractivity contribution in [2.45, 2.75) is 32.7 Å². The van der Waals surface area contributed by atoms with Gasteiger partial charge >= 0.3 is 0 Å². The third kappa shape index (κ3) is 3.90. The quantitative estimate of drug-likeness (QED) is 0.721. The van der Waals surface area contributed by atoms with Gasteiger partial charge in [-0.3, -0.25) is 4.79 Å². The summed E-state index contributed by atoms with van der Waals surface area (Å²) in [5.74, 6) is 2.44. The van der Waals surface area contributed by atoms with Crippen LogP contribution < -0.4 is 5.32 Å². The Balaban J connectivity index is 1.51. The van der Waals surface area contributed by atoms with E-state index in [0.717, 1.165) is 27.9 Å². The van der Waals surface area contributed by atoms with Crippen molar-refractivity contribution in [3.05, 3.63) is 53.1 Å². The largest absolute Gasteiger partial charge is 0.460 e. The molecule has 0 fully saturated rings. The maximum absolute atomic E-state index is 12.0. The molecule has 0 saturated carbocycles. The molecule has 3 rings (SSSR count). The monoisotopic (exact) mass is 329 g/mol. The number of aromatic amines is 1. The molecule has 1 amide bonds. The minimum atomic E-state index is -0.130. The fraction of sp³-hybridized carbons (Fsp3) is 0.294. The summed E-state index contributed by atoms with van der Waals surface area (Å²) in [5.41, 5.74) is 0.984. The van der Waals surface area contributed by atoms with Crippen molar-refractivity contribution in [2.24, 2.45) is 0 Å². The van der Waals surface area contributed by atoms with Gasteiger partial charge in [-0.1, -0.05) is 6.07 Å². The van der Waals surface area contributed by atoms with Gasteiger partial charge in [0, 0.05) is 24.7 Å². The van der Waals surface area contributed by atoms with E-state index in [0.29, 0.717) is 12.8 Å². The molecule has 2 N–H and O–H groups in total. The van der Waals surface area contributed by atoms with E-state index >= 15 is 0 Å². The fourth-order valence-corrected chi connectivity index (χ4v) is 3.02. The molecule has 0 saturated heterocycles. The first-order chi connectivity index (χ1) is 11.1. The summed E-state index contributed by atoms with van der Waals surface area (Å²) in [6.45, 7) is 3.85. The molecule has 0 bridgehead atoms. The highest BCUT2D eigenvalue weighted by Crippen LogP contribution is 2.26. The minimum Gasteiger partial charge on any atom is -0.460 e. The lowest BCUT2D eigenvalue weighted by Crippen LogP contribution is -2.27. The number of amides is 1. The molecule has 5 nitrogen and oxygen atoms in total. The Bertz CT molecular complexity index is 773. The van der Waals surface area contributed by atoms with E-state index in [-0.39, 0.29) is 11.9 Å². The van der Waals surface area contributed by atoms with Crippen LogP contribution in [0.25, 0.3) is 10.6 Å². The summed E-state index contributed by atoms with van der Waals surface area (Å²) in [6.07, 6.45) is 2.73. The third-order valence-electron chi connectivity index (χ3n) is 3.53. The second-order valence-corrected chi connectivity index (χ2v) is 6.43. The van der Waals surface area contributed by atoms with Gasteiger partial charge in [0.2, 0.25) is 5.91 Å². The van der Waals surface area contributed by atoms with Crippen LogP contribution in [0, 0.1) is 6.92 Å². The zero-order valence-electron chi connectivity index (χ0n) is 13.1. The predicted octanol–water partition coefficient (Wildman–Crippen LogP) is 3.85. The number of aryl methyl sites for hydroxylation is 2. The lowest BCUT2D eigenvalue weighted by Gasteiger charge is -2.11. The fourth-order valence-electron chi connectivity index (χ4n) is 2.34. The SMILES string of the molecule is Cc1cnc([C@H](C)NC(=O)CCc2ccc(-c3cccs3)o2)[nH]1. The number of aromatic nitrogens is 2. The van der Waals surface area contributed by atoms with Gasteiger partial charge in [0.1, 0.15) is 17.3 Å². The van der Waals surface area contributed by atoms with Crippen molar-refractivity contribution >= 4 is 17.2 Å². The maximum atomic E-state index is 12.0. The summed E-state index contributed by atoms with van der Waals surface area (Å²) < 4.78 is 5.78. The summed E-state index contributed by atoms with van der Waals surface area (Å²) in [7, 11) is 0. The Morgan fingerprint density at radius 1 is 1.43 bits per heavy atom. The van der Waals surface area contributed by atoms with Gasteiger partial charge in [-0.2, -0.15) is 0 Å². The highest BCUT2D eigenvalue weighted by Gasteiger charge is 2.13. The zero-order chi connectivity index (χ0) is 16.2. The van der Waals surface area contributed by atoms with Crippen LogP contribution in [0.5, 0.6) is 0 Å². The number of imidazole rings is 1. The number of hydrogen-bond acceptors (Lipinski definition) is 4. The highest BCUT2D eigenvalue weighted by molar-refractivity contribution is 7.13. The number of hydrogen-bond donors (Lipinski definition) is 2. The van der Waals surface area contributed by atoms with Gasteiger partial charge in [0.25, 0.3) is 0 Å². The number of thiophene rings is 1. The van der Waals surface area contributed by atoms with Crippen molar-refractivity contribution < 1.29 is 9.21 Å². The molecule has 6 heteroatoms. The minimum absolute atomic E-state index is 0.0133. The predicted molar refractivity (Wildman–Crippen MR) is 90.2 cm³/mol. The molecule has 0 spiro atoms. The average molecular weight is 329 g/mol. The van der Waals surface area contributed by atoms with Gasteiger partial charge in [-0.05, 0) is 37.4 Å². The molecule has 1 atom stereocenters. The summed E-state index contributed by atoms with van der Waals surface area (Å²) in [6, 6.07) is 7.77. The van der Waals surface area contributed by atoms with E-state index in [1.54, 1.807) is 17.5 Å². The molecule has 0 unspecified atom stereocenters. The number of carbonyl (C=O) groups is 1. The molecule has 0 aliphatic carbocycles. The van der Waals surface area contributed by atoms with Gasteiger partial charge in [0.15, 0.2) is 0 Å². The van der Waals surface area contributed by atoms with E-state index in [2.05, 4.69) is 15.3 Å². The first kappa shape index (κ1) is 15.6. The van der Waals surface area contributed by atoms with E-state index in [9.17, 15) is 4.79 Å². The molecular weight excluding hydrogens is 310 g/mol. The molecule has 0 radical (unpaired) electrons. The van der Waals surface area contributed by atoms with Crippen molar-refractivity contribution in [1.29, 1.82) is 0 Å². The Kier molecular flexibility index (Phi) is 4.62. The zero-order valence-corrected chi connectivity index (χ0v) is 13.9. The first-order valence-electron chi connectivity index (χ1n) is 7.55. The number of nitrogens with zero attached hydrogens (tertiary/aromatic N) is 1. The molecular formula is C17H19N3O2S. The Hall–Kier alpha value is -2.34. The van der Waals surface area contributed by atoms with E-state index in [4.69, 9.17) is 4.42 Å². The Labute approximate surface area is 138 Å². The lowest BCUT2D eigenvalue weighted by atomic mass is 10.2. The molecule has 0 aliphatic rings. The lowest BCUT2D eigenvalue weighted by molar-refractivity contribution is -0.121. The standard InChI is InChI=1S/C17H19N3O2S/c1-11-10-18-17(19-11)12(2)20-16(21)8-6-13-5-7-14(22-13)15-4-3-9-23-15/h3-5,7,9-10,12H,6,8H2,1-2H3,(H,18,19)(H,20,21)/t12-/m0/s1. The van der Waals surface area contributed by atoms with Crippen molar-refractivity contribution in [3.63, 3.8) is 0 Å². The molecule has 0 aromatic carbocycles. The molecule has 3 heterocycles. The van der Waals surface area contributed by atoms with Crippen LogP contribution in [0.3, 0.4) is 0 Å². The van der Waals surface area contributed by atoms with Gasteiger partial charge < -0.3 is 14.7 Å². The molecule has 23 heavy (non-hydrogen) atoms. The smallest absolute Gasteiger partial charge is 0.221 e. The van der Waals surface area contributed by atoms with Crippen LogP contribution in [0.1, 0.15) is 36.7 Å². The van der Waals surface area contributed by atoms with Gasteiger partial charge in [-0.15, -0.1) is 11.3 Å². The first-order valence-corrected chi connectivity index (χ1v) is 8.43. The Morgan fingerprint density at radius 3 is 3.00 bits per heavy atom. The number of furan rings is 1. The summed E-state index contributed by atoms with van der Waals surface area (Å²) >= 11 is 1.64.